The molecule has 0 aliphatic carbocycles. The average Bonchev–Trinajstić information content (AvgIpc) is 2.90. The van der Waals surface area contributed by atoms with Crippen molar-refractivity contribution in [1.29, 1.82) is 0 Å². The molecule has 0 heterocycles. The second-order valence-corrected chi connectivity index (χ2v) is 17.7. The first-order chi connectivity index (χ1) is 19.7. The van der Waals surface area contributed by atoms with Crippen LogP contribution in [-0.4, -0.2) is 8.07 Å². The van der Waals surface area contributed by atoms with Crippen LogP contribution in [0.3, 0.4) is 0 Å². The van der Waals surface area contributed by atoms with Gasteiger partial charge in [0.25, 0.3) is 0 Å². The quantitative estimate of drug-likeness (QED) is 0.110. The standard InChI is InChI=1S/C40H42Si/c1-27(2)24-41(25-28(3)4,26-29(5)6)15-14-30-12-9-13-33-18-36-21-37-19-34-16-31-10-7-8-11-32(31)17-35(34)20-38(37)22-39(36)23-40(30)33/h7-13,16-23,27-29H,24-26H2,1-6H3. The predicted octanol–water partition coefficient (Wildman–Crippen LogP) is 11.8. The molecule has 6 aromatic rings. The lowest BCUT2D eigenvalue weighted by Gasteiger charge is -2.31. The number of fused-ring (bicyclic) bond motifs is 5. The molecule has 41 heavy (non-hydrogen) atoms. The average molecular weight is 551 g/mol. The minimum atomic E-state index is -1.75. The first-order valence-corrected chi connectivity index (χ1v) is 18.1. The van der Waals surface area contributed by atoms with Crippen LogP contribution in [0.1, 0.15) is 47.1 Å². The Balaban J connectivity index is 1.49. The molecule has 1 heteroatoms. The van der Waals surface area contributed by atoms with Gasteiger partial charge in [-0.3, -0.25) is 0 Å². The summed E-state index contributed by atoms with van der Waals surface area (Å²) < 4.78 is 0. The Bertz CT molecular complexity index is 1940. The lowest BCUT2D eigenvalue weighted by molar-refractivity contribution is 0.650. The topological polar surface area (TPSA) is 0 Å². The Morgan fingerprint density at radius 3 is 1.32 bits per heavy atom. The van der Waals surface area contributed by atoms with Crippen molar-refractivity contribution >= 4 is 61.9 Å². The van der Waals surface area contributed by atoms with Gasteiger partial charge in [0.1, 0.15) is 8.07 Å². The van der Waals surface area contributed by atoms with Gasteiger partial charge in [-0.25, -0.2) is 0 Å². The highest BCUT2D eigenvalue weighted by atomic mass is 28.3. The van der Waals surface area contributed by atoms with Crippen LogP contribution >= 0.6 is 0 Å². The zero-order valence-electron chi connectivity index (χ0n) is 25.5. The number of hydrogen-bond acceptors (Lipinski definition) is 0. The summed E-state index contributed by atoms with van der Waals surface area (Å²) in [4.78, 5) is 0. The molecule has 0 radical (unpaired) electrons. The maximum atomic E-state index is 4.04. The summed E-state index contributed by atoms with van der Waals surface area (Å²) >= 11 is 0. The Hall–Kier alpha value is -3.60. The molecule has 0 aliphatic rings. The van der Waals surface area contributed by atoms with Gasteiger partial charge in [-0.05, 0) is 144 Å². The molecule has 0 N–H and O–H groups in total. The summed E-state index contributed by atoms with van der Waals surface area (Å²) in [5.74, 6) is 5.86. The fourth-order valence-corrected chi connectivity index (χ4v) is 13.2. The molecule has 6 rings (SSSR count). The number of benzene rings is 6. The van der Waals surface area contributed by atoms with Crippen molar-refractivity contribution in [3.63, 3.8) is 0 Å². The summed E-state index contributed by atoms with van der Waals surface area (Å²) in [5.41, 5.74) is 5.22. The first kappa shape index (κ1) is 27.6. The molecular formula is C40H42Si. The molecule has 0 fully saturated rings. The Morgan fingerprint density at radius 2 is 0.854 bits per heavy atom. The van der Waals surface area contributed by atoms with E-state index in [1.165, 1.54) is 77.6 Å². The van der Waals surface area contributed by atoms with Gasteiger partial charge in [0.15, 0.2) is 0 Å². The molecular weight excluding hydrogens is 509 g/mol. The van der Waals surface area contributed by atoms with Crippen LogP contribution in [0, 0.1) is 29.2 Å². The molecule has 0 spiro atoms. The SMILES string of the molecule is CC(C)C[Si](C#Cc1cccc2cc3cc4cc5cc6ccccc6cc5cc4cc3cc12)(CC(C)C)CC(C)C. The first-order valence-electron chi connectivity index (χ1n) is 15.4. The van der Waals surface area contributed by atoms with Crippen LogP contribution < -0.4 is 0 Å². The fraction of sp³-hybridized carbons (Fsp3) is 0.300. The summed E-state index contributed by atoms with van der Waals surface area (Å²) in [6.07, 6.45) is 0. The van der Waals surface area contributed by atoms with Crippen molar-refractivity contribution in [2.75, 3.05) is 0 Å². The van der Waals surface area contributed by atoms with Gasteiger partial charge in [0.05, 0.1) is 0 Å². The smallest absolute Gasteiger partial charge is 0.126 e. The van der Waals surface area contributed by atoms with E-state index in [2.05, 4.69) is 144 Å². The molecule has 0 nitrogen and oxygen atoms in total. The highest BCUT2D eigenvalue weighted by Crippen LogP contribution is 2.34. The van der Waals surface area contributed by atoms with Crippen LogP contribution in [0.4, 0.5) is 0 Å². The van der Waals surface area contributed by atoms with Crippen molar-refractivity contribution in [3.8, 4) is 11.5 Å². The zero-order valence-corrected chi connectivity index (χ0v) is 26.5. The van der Waals surface area contributed by atoms with E-state index in [4.69, 9.17) is 0 Å². The zero-order chi connectivity index (χ0) is 28.7. The molecule has 0 bridgehead atoms. The molecule has 6 aromatic carbocycles. The third-order valence-corrected chi connectivity index (χ3v) is 13.9. The van der Waals surface area contributed by atoms with Gasteiger partial charge in [-0.2, -0.15) is 0 Å². The largest absolute Gasteiger partial charge is 0.139 e. The van der Waals surface area contributed by atoms with Gasteiger partial charge in [0, 0.05) is 5.56 Å². The van der Waals surface area contributed by atoms with E-state index in [-0.39, 0.29) is 0 Å². The molecule has 0 atom stereocenters. The highest BCUT2D eigenvalue weighted by molar-refractivity contribution is 6.87. The number of hydrogen-bond donors (Lipinski definition) is 0. The number of rotatable bonds is 6. The maximum Gasteiger partial charge on any atom is 0.139 e. The van der Waals surface area contributed by atoms with Gasteiger partial charge in [-0.1, -0.05) is 83.9 Å². The van der Waals surface area contributed by atoms with E-state index in [1.807, 2.05) is 0 Å². The van der Waals surface area contributed by atoms with E-state index in [9.17, 15) is 0 Å². The lowest BCUT2D eigenvalue weighted by Crippen LogP contribution is -2.37. The Kier molecular flexibility index (Phi) is 7.39. The Labute approximate surface area is 246 Å². The summed E-state index contributed by atoms with van der Waals surface area (Å²) in [6.45, 7) is 14.3. The molecule has 0 aliphatic heterocycles. The summed E-state index contributed by atoms with van der Waals surface area (Å²) in [7, 11) is -1.75. The van der Waals surface area contributed by atoms with E-state index in [0.717, 1.165) is 0 Å². The van der Waals surface area contributed by atoms with Gasteiger partial charge < -0.3 is 0 Å². The normalized spacial score (nSPS) is 12.4. The van der Waals surface area contributed by atoms with Crippen LogP contribution in [0.2, 0.25) is 18.1 Å². The second-order valence-electron chi connectivity index (χ2n) is 13.6. The molecule has 0 amide bonds. The van der Waals surface area contributed by atoms with Crippen molar-refractivity contribution in [3.05, 3.63) is 96.6 Å². The van der Waals surface area contributed by atoms with Gasteiger partial charge >= 0.3 is 0 Å². The van der Waals surface area contributed by atoms with E-state index in [1.54, 1.807) is 0 Å². The van der Waals surface area contributed by atoms with Crippen molar-refractivity contribution < 1.29 is 0 Å². The van der Waals surface area contributed by atoms with Gasteiger partial charge in [-0.15, -0.1) is 5.54 Å². The fourth-order valence-electron chi connectivity index (χ4n) is 7.28. The third kappa shape index (κ3) is 5.77. The second kappa shape index (κ2) is 11.0. The summed E-state index contributed by atoms with van der Waals surface area (Å²) in [6, 6.07) is 38.0. The van der Waals surface area contributed by atoms with E-state index in [0.29, 0.717) is 17.8 Å². The van der Waals surface area contributed by atoms with Crippen LogP contribution in [-0.2, 0) is 0 Å². The maximum absolute atomic E-state index is 4.04. The van der Waals surface area contributed by atoms with E-state index < -0.39 is 8.07 Å². The lowest BCUT2D eigenvalue weighted by atomic mass is 9.95. The monoisotopic (exact) mass is 550 g/mol. The van der Waals surface area contributed by atoms with E-state index >= 15 is 0 Å². The van der Waals surface area contributed by atoms with Crippen LogP contribution in [0.15, 0.2) is 91.0 Å². The molecule has 0 aromatic heterocycles. The highest BCUT2D eigenvalue weighted by Gasteiger charge is 2.34. The van der Waals surface area contributed by atoms with Crippen LogP contribution in [0.25, 0.3) is 53.9 Å². The van der Waals surface area contributed by atoms with Crippen molar-refractivity contribution in [2.24, 2.45) is 17.8 Å². The Morgan fingerprint density at radius 1 is 0.463 bits per heavy atom. The van der Waals surface area contributed by atoms with Gasteiger partial charge in [0.2, 0.25) is 0 Å². The molecule has 0 unspecified atom stereocenters. The molecule has 206 valence electrons. The predicted molar refractivity (Wildman–Crippen MR) is 186 cm³/mol. The molecule has 0 saturated carbocycles. The summed E-state index contributed by atoms with van der Waals surface area (Å²) in [5, 5.41) is 12.9. The van der Waals surface area contributed by atoms with Crippen molar-refractivity contribution in [2.45, 2.75) is 59.7 Å². The minimum Gasteiger partial charge on any atom is -0.126 e. The van der Waals surface area contributed by atoms with Crippen molar-refractivity contribution in [1.82, 2.24) is 0 Å². The third-order valence-electron chi connectivity index (χ3n) is 8.47. The van der Waals surface area contributed by atoms with Crippen LogP contribution in [0.5, 0.6) is 0 Å². The minimum absolute atomic E-state index is 0.687. The molecule has 0 saturated heterocycles.